The summed E-state index contributed by atoms with van der Waals surface area (Å²) in [7, 11) is 0. The van der Waals surface area contributed by atoms with E-state index in [0.717, 1.165) is 12.1 Å². The van der Waals surface area contributed by atoms with Gasteiger partial charge >= 0.3 is 11.9 Å². The van der Waals surface area contributed by atoms with E-state index < -0.39 is 34.9 Å². The first-order valence-electron chi connectivity index (χ1n) is 8.29. The van der Waals surface area contributed by atoms with E-state index >= 15 is 0 Å². The van der Waals surface area contributed by atoms with Crippen LogP contribution in [0.5, 0.6) is 0 Å². The Labute approximate surface area is 158 Å². The molecule has 0 radical (unpaired) electrons. The summed E-state index contributed by atoms with van der Waals surface area (Å²) >= 11 is 0. The highest BCUT2D eigenvalue weighted by Gasteiger charge is 2.29. The molecule has 3 aromatic rings. The van der Waals surface area contributed by atoms with Crippen LogP contribution in [0.4, 0.5) is 10.2 Å². The third-order valence-corrected chi connectivity index (χ3v) is 4.11. The fourth-order valence-corrected chi connectivity index (χ4v) is 2.88. The van der Waals surface area contributed by atoms with Gasteiger partial charge in [0.2, 0.25) is 0 Å². The van der Waals surface area contributed by atoms with Gasteiger partial charge in [0.05, 0.1) is 23.5 Å². The van der Waals surface area contributed by atoms with Crippen LogP contribution in [0, 0.1) is 5.82 Å². The van der Waals surface area contributed by atoms with Crippen molar-refractivity contribution in [1.29, 1.82) is 0 Å². The third kappa shape index (κ3) is 3.65. The number of anilines is 1. The Hall–Kier alpha value is -3.82. The molecule has 0 aliphatic heterocycles. The number of halogens is 1. The molecule has 0 unspecified atom stereocenters. The molecule has 0 saturated carbocycles. The van der Waals surface area contributed by atoms with Gasteiger partial charge in [-0.05, 0) is 24.1 Å². The van der Waals surface area contributed by atoms with E-state index in [1.165, 1.54) is 24.8 Å². The zero-order valence-corrected chi connectivity index (χ0v) is 14.7. The summed E-state index contributed by atoms with van der Waals surface area (Å²) in [6.07, 6.45) is 2.91. The predicted molar refractivity (Wildman–Crippen MR) is 98.0 cm³/mol. The van der Waals surface area contributed by atoms with Gasteiger partial charge in [-0.3, -0.25) is 0 Å². The molecular weight excluding hydrogens is 369 g/mol. The highest BCUT2D eigenvalue weighted by Crippen LogP contribution is 2.27. The molecule has 28 heavy (non-hydrogen) atoms. The van der Waals surface area contributed by atoms with E-state index in [4.69, 9.17) is 0 Å². The SMILES string of the molecule is CC[C@H](Nc1ncnc2[nH]cnc12)/C(C(=O)O)=C(\C(=O)O)c1cccc(F)c1. The van der Waals surface area contributed by atoms with E-state index in [9.17, 15) is 24.2 Å². The molecule has 2 aromatic heterocycles. The summed E-state index contributed by atoms with van der Waals surface area (Å²) in [5.74, 6) is -3.33. The molecule has 0 spiro atoms. The number of benzene rings is 1. The molecule has 10 heteroatoms. The predicted octanol–water partition coefficient (Wildman–Crippen LogP) is 2.31. The number of H-pyrrole nitrogens is 1. The number of fused-ring (bicyclic) bond motifs is 1. The number of hydrogen-bond acceptors (Lipinski definition) is 6. The average Bonchev–Trinajstić information content (AvgIpc) is 3.13. The quantitative estimate of drug-likeness (QED) is 0.454. The second kappa shape index (κ2) is 7.82. The second-order valence-corrected chi connectivity index (χ2v) is 5.84. The van der Waals surface area contributed by atoms with Crippen molar-refractivity contribution < 1.29 is 24.2 Å². The van der Waals surface area contributed by atoms with Crippen LogP contribution in [0.3, 0.4) is 0 Å². The zero-order valence-electron chi connectivity index (χ0n) is 14.7. The maximum atomic E-state index is 13.6. The van der Waals surface area contributed by atoms with Crippen molar-refractivity contribution in [2.45, 2.75) is 19.4 Å². The molecule has 2 heterocycles. The number of carboxylic acid groups (broad SMARTS) is 2. The Kier molecular flexibility index (Phi) is 5.30. The molecule has 9 nitrogen and oxygen atoms in total. The largest absolute Gasteiger partial charge is 0.478 e. The highest BCUT2D eigenvalue weighted by molar-refractivity contribution is 6.22. The maximum absolute atomic E-state index is 13.6. The van der Waals surface area contributed by atoms with Crippen molar-refractivity contribution in [1.82, 2.24) is 19.9 Å². The fourth-order valence-electron chi connectivity index (χ4n) is 2.88. The lowest BCUT2D eigenvalue weighted by Crippen LogP contribution is -2.29. The number of carbonyl (C=O) groups is 2. The van der Waals surface area contributed by atoms with Crippen LogP contribution < -0.4 is 5.32 Å². The first-order chi connectivity index (χ1) is 13.4. The van der Waals surface area contributed by atoms with Gasteiger partial charge in [-0.1, -0.05) is 19.1 Å². The van der Waals surface area contributed by atoms with Gasteiger partial charge in [-0.2, -0.15) is 0 Å². The molecule has 0 aliphatic carbocycles. The lowest BCUT2D eigenvalue weighted by molar-refractivity contribution is -0.134. The molecule has 0 amide bonds. The number of nitrogens with one attached hydrogen (secondary N) is 2. The second-order valence-electron chi connectivity index (χ2n) is 5.84. The van der Waals surface area contributed by atoms with Gasteiger partial charge in [0, 0.05) is 0 Å². The van der Waals surface area contributed by atoms with Gasteiger partial charge in [0.25, 0.3) is 0 Å². The summed E-state index contributed by atoms with van der Waals surface area (Å²) < 4.78 is 13.6. The molecule has 3 rings (SSSR count). The van der Waals surface area contributed by atoms with E-state index in [1.807, 2.05) is 0 Å². The minimum Gasteiger partial charge on any atom is -0.478 e. The standard InChI is InChI=1S/C18H16FN5O4/c1-2-11(24-16-14-15(21-7-20-14)22-8-23-16)13(18(27)28)12(17(25)26)9-4-3-5-10(19)6-9/h3-8,11H,2H2,1H3,(H,25,26)(H,27,28)(H2,20,21,22,23,24)/b13-12+/t11-/m0/s1. The van der Waals surface area contributed by atoms with Crippen LogP contribution in [0.15, 0.2) is 42.5 Å². The minimum absolute atomic E-state index is 0.0437. The average molecular weight is 385 g/mol. The first kappa shape index (κ1) is 19.0. The number of carboxylic acids is 2. The molecule has 0 fully saturated rings. The lowest BCUT2D eigenvalue weighted by atomic mass is 9.93. The molecule has 1 aromatic carbocycles. The van der Waals surface area contributed by atoms with E-state index in [-0.39, 0.29) is 17.8 Å². The number of hydrogen-bond donors (Lipinski definition) is 4. The van der Waals surface area contributed by atoms with Crippen LogP contribution in [-0.2, 0) is 9.59 Å². The molecule has 0 saturated heterocycles. The summed E-state index contributed by atoms with van der Waals surface area (Å²) in [6.45, 7) is 1.69. The zero-order chi connectivity index (χ0) is 20.3. The third-order valence-electron chi connectivity index (χ3n) is 4.11. The number of rotatable bonds is 7. The molecule has 4 N–H and O–H groups in total. The Bertz CT molecular complexity index is 1080. The summed E-state index contributed by atoms with van der Waals surface area (Å²) in [6, 6.07) is 3.86. The Morgan fingerprint density at radius 3 is 2.64 bits per heavy atom. The fraction of sp³-hybridized carbons (Fsp3) is 0.167. The maximum Gasteiger partial charge on any atom is 0.336 e. The number of nitrogens with zero attached hydrogens (tertiary/aromatic N) is 3. The van der Waals surface area contributed by atoms with Crippen molar-refractivity contribution >= 4 is 34.5 Å². The van der Waals surface area contributed by atoms with E-state index in [2.05, 4.69) is 25.3 Å². The molecule has 0 bridgehead atoms. The molecule has 0 aliphatic rings. The summed E-state index contributed by atoms with van der Waals surface area (Å²) in [5.41, 5.74) is -0.135. The Morgan fingerprint density at radius 1 is 1.21 bits per heavy atom. The van der Waals surface area contributed by atoms with Crippen molar-refractivity contribution in [3.8, 4) is 0 Å². The molecule has 1 atom stereocenters. The van der Waals surface area contributed by atoms with E-state index in [0.29, 0.717) is 11.2 Å². The number of imidazole rings is 1. The first-order valence-corrected chi connectivity index (χ1v) is 8.29. The molecular formula is C18H16FN5O4. The summed E-state index contributed by atoms with van der Waals surface area (Å²) in [4.78, 5) is 38.9. The number of aromatic nitrogens is 4. The van der Waals surface area contributed by atoms with Crippen molar-refractivity contribution in [3.05, 3.63) is 53.9 Å². The van der Waals surface area contributed by atoms with Crippen LogP contribution >= 0.6 is 0 Å². The number of aromatic amines is 1. The van der Waals surface area contributed by atoms with Gasteiger partial charge in [-0.15, -0.1) is 0 Å². The van der Waals surface area contributed by atoms with Gasteiger partial charge in [-0.25, -0.2) is 28.9 Å². The van der Waals surface area contributed by atoms with Crippen molar-refractivity contribution in [3.63, 3.8) is 0 Å². The minimum atomic E-state index is -1.48. The van der Waals surface area contributed by atoms with E-state index in [1.54, 1.807) is 6.92 Å². The van der Waals surface area contributed by atoms with Crippen LogP contribution in [0.25, 0.3) is 16.7 Å². The van der Waals surface area contributed by atoms with Crippen LogP contribution in [0.2, 0.25) is 0 Å². The molecule has 144 valence electrons. The van der Waals surface area contributed by atoms with Crippen LogP contribution in [-0.4, -0.2) is 48.1 Å². The van der Waals surface area contributed by atoms with Gasteiger partial charge < -0.3 is 20.5 Å². The monoisotopic (exact) mass is 385 g/mol. The topological polar surface area (TPSA) is 141 Å². The Balaban J connectivity index is 2.14. The van der Waals surface area contributed by atoms with Gasteiger partial charge in [0.1, 0.15) is 17.7 Å². The van der Waals surface area contributed by atoms with Crippen molar-refractivity contribution in [2.75, 3.05) is 5.32 Å². The number of aliphatic carboxylic acids is 2. The van der Waals surface area contributed by atoms with Crippen molar-refractivity contribution in [2.24, 2.45) is 0 Å². The lowest BCUT2D eigenvalue weighted by Gasteiger charge is -2.21. The normalized spacial score (nSPS) is 13.1. The van der Waals surface area contributed by atoms with Gasteiger partial charge in [0.15, 0.2) is 11.5 Å². The highest BCUT2D eigenvalue weighted by atomic mass is 19.1. The smallest absolute Gasteiger partial charge is 0.336 e. The van der Waals surface area contributed by atoms with Crippen LogP contribution in [0.1, 0.15) is 18.9 Å². The summed E-state index contributed by atoms with van der Waals surface area (Å²) in [5, 5.41) is 22.4. The Morgan fingerprint density at radius 2 is 2.00 bits per heavy atom.